The van der Waals surface area contributed by atoms with E-state index in [4.69, 9.17) is 0 Å². The van der Waals surface area contributed by atoms with Crippen LogP contribution in [0.3, 0.4) is 0 Å². The Morgan fingerprint density at radius 2 is 1.40 bits per heavy atom. The first-order valence-electron chi connectivity index (χ1n) is 9.45. The van der Waals surface area contributed by atoms with Crippen LogP contribution in [0.4, 0.5) is 0 Å². The van der Waals surface area contributed by atoms with Gasteiger partial charge in [-0.2, -0.15) is 0 Å². The Balaban J connectivity index is 1.85. The van der Waals surface area contributed by atoms with Gasteiger partial charge in [-0.1, -0.05) is 71.4 Å². The number of aromatic nitrogens is 3. The zero-order valence-corrected chi connectivity index (χ0v) is 17.9. The second-order valence-corrected chi connectivity index (χ2v) is 7.70. The summed E-state index contributed by atoms with van der Waals surface area (Å²) in [6, 6.07) is 16.1. The predicted molar refractivity (Wildman–Crippen MR) is 118 cm³/mol. The van der Waals surface area contributed by atoms with Gasteiger partial charge in [-0.05, 0) is 13.8 Å². The first kappa shape index (κ1) is 21.4. The minimum absolute atomic E-state index is 0.0595. The van der Waals surface area contributed by atoms with E-state index in [0.717, 1.165) is 22.3 Å². The number of aryl methyl sites for hydroxylation is 2. The van der Waals surface area contributed by atoms with Crippen molar-refractivity contribution in [3.05, 3.63) is 59.7 Å². The van der Waals surface area contributed by atoms with Gasteiger partial charge in [-0.15, -0.1) is 10.2 Å². The van der Waals surface area contributed by atoms with Crippen LogP contribution in [0.25, 0.3) is 22.5 Å². The fourth-order valence-corrected chi connectivity index (χ4v) is 3.26. The first-order valence-corrected chi connectivity index (χ1v) is 10.4. The fourth-order valence-electron chi connectivity index (χ4n) is 2.64. The molecule has 8 heteroatoms. The van der Waals surface area contributed by atoms with E-state index >= 15 is 0 Å². The summed E-state index contributed by atoms with van der Waals surface area (Å²) in [5.41, 5.74) is 5.56. The highest BCUT2D eigenvalue weighted by Crippen LogP contribution is 2.30. The molecule has 0 aliphatic heterocycles. The van der Waals surface area contributed by atoms with Crippen molar-refractivity contribution < 1.29 is 9.59 Å². The quantitative estimate of drug-likeness (QED) is 0.570. The average molecular weight is 422 g/mol. The number of carbonyl (C=O) groups excluding carboxylic acids is 2. The molecule has 0 aliphatic rings. The molecule has 1 heterocycles. The van der Waals surface area contributed by atoms with Crippen LogP contribution >= 0.6 is 11.8 Å². The van der Waals surface area contributed by atoms with Crippen molar-refractivity contribution in [2.45, 2.75) is 19.0 Å². The molecule has 2 N–H and O–H groups in total. The standard InChI is InChI=1S/C22H23N5O2S/c1-14-4-8-16(9-5-14)20-21(17-10-6-15(2)7-11-17)26-27-22(25-20)30-13-19(29)24-12-18(28)23-3/h4-11H,12-13H2,1-3H3,(H,23,28)(H,24,29). The molecule has 0 saturated heterocycles. The van der Waals surface area contributed by atoms with E-state index in [1.165, 1.54) is 18.8 Å². The largest absolute Gasteiger partial charge is 0.358 e. The Hall–Kier alpha value is -3.26. The summed E-state index contributed by atoms with van der Waals surface area (Å²) in [5.74, 6) is -0.433. The molecule has 0 radical (unpaired) electrons. The second kappa shape index (κ2) is 9.98. The molecule has 0 saturated carbocycles. The molecular formula is C22H23N5O2S. The fraction of sp³-hybridized carbons (Fsp3) is 0.227. The highest BCUT2D eigenvalue weighted by molar-refractivity contribution is 7.99. The first-order chi connectivity index (χ1) is 14.5. The summed E-state index contributed by atoms with van der Waals surface area (Å²) in [6.07, 6.45) is 0. The highest BCUT2D eigenvalue weighted by atomic mass is 32.2. The molecule has 7 nitrogen and oxygen atoms in total. The molecule has 2 amide bonds. The van der Waals surface area contributed by atoms with Gasteiger partial charge in [0.25, 0.3) is 0 Å². The van der Waals surface area contributed by atoms with E-state index in [1.54, 1.807) is 0 Å². The number of amides is 2. The monoisotopic (exact) mass is 421 g/mol. The number of rotatable bonds is 7. The third-order valence-corrected chi connectivity index (χ3v) is 5.21. The van der Waals surface area contributed by atoms with Crippen LogP contribution in [-0.2, 0) is 9.59 Å². The summed E-state index contributed by atoms with van der Waals surface area (Å²) >= 11 is 1.18. The van der Waals surface area contributed by atoms with Crippen LogP contribution in [0.15, 0.2) is 53.7 Å². The molecular weight excluding hydrogens is 398 g/mol. The Morgan fingerprint density at radius 3 is 1.97 bits per heavy atom. The minimum atomic E-state index is -0.272. The second-order valence-electron chi connectivity index (χ2n) is 6.76. The Morgan fingerprint density at radius 1 is 0.833 bits per heavy atom. The van der Waals surface area contributed by atoms with Gasteiger partial charge in [-0.3, -0.25) is 9.59 Å². The molecule has 1 aromatic heterocycles. The molecule has 0 bridgehead atoms. The summed E-state index contributed by atoms with van der Waals surface area (Å²) in [5, 5.41) is 14.0. The van der Waals surface area contributed by atoms with E-state index in [-0.39, 0.29) is 24.1 Å². The van der Waals surface area contributed by atoms with Crippen molar-refractivity contribution in [1.82, 2.24) is 25.8 Å². The molecule has 3 aromatic rings. The molecule has 2 aromatic carbocycles. The zero-order chi connectivity index (χ0) is 21.5. The Labute approximate surface area is 179 Å². The van der Waals surface area contributed by atoms with E-state index < -0.39 is 0 Å². The summed E-state index contributed by atoms with van der Waals surface area (Å²) < 4.78 is 0. The number of likely N-dealkylation sites (N-methyl/N-ethyl adjacent to an activating group) is 1. The average Bonchev–Trinajstić information content (AvgIpc) is 2.77. The number of nitrogens with one attached hydrogen (secondary N) is 2. The number of carbonyl (C=O) groups is 2. The molecule has 0 fully saturated rings. The molecule has 0 unspecified atom stereocenters. The summed E-state index contributed by atoms with van der Waals surface area (Å²) in [7, 11) is 1.52. The lowest BCUT2D eigenvalue weighted by Gasteiger charge is -2.10. The molecule has 0 aliphatic carbocycles. The van der Waals surface area contributed by atoms with Crippen LogP contribution in [0, 0.1) is 13.8 Å². The Bertz CT molecular complexity index is 1040. The molecule has 154 valence electrons. The lowest BCUT2D eigenvalue weighted by molar-refractivity contribution is -0.124. The summed E-state index contributed by atoms with van der Waals surface area (Å²) in [6.45, 7) is 4.00. The van der Waals surface area contributed by atoms with Gasteiger partial charge in [0.05, 0.1) is 12.3 Å². The van der Waals surface area contributed by atoms with E-state index in [9.17, 15) is 9.59 Å². The van der Waals surface area contributed by atoms with Crippen molar-refractivity contribution in [3.63, 3.8) is 0 Å². The van der Waals surface area contributed by atoms with Gasteiger partial charge >= 0.3 is 0 Å². The van der Waals surface area contributed by atoms with Crippen molar-refractivity contribution in [3.8, 4) is 22.5 Å². The molecule has 0 spiro atoms. The normalized spacial score (nSPS) is 10.5. The SMILES string of the molecule is CNC(=O)CNC(=O)CSc1nnc(-c2ccc(C)cc2)c(-c2ccc(C)cc2)n1. The van der Waals surface area contributed by atoms with E-state index in [0.29, 0.717) is 16.5 Å². The molecule has 30 heavy (non-hydrogen) atoms. The van der Waals surface area contributed by atoms with Gasteiger partial charge in [0.15, 0.2) is 0 Å². The maximum Gasteiger partial charge on any atom is 0.239 e. The van der Waals surface area contributed by atoms with Crippen molar-refractivity contribution in [1.29, 1.82) is 0 Å². The third kappa shape index (κ3) is 5.64. The lowest BCUT2D eigenvalue weighted by Crippen LogP contribution is -2.36. The van der Waals surface area contributed by atoms with Crippen LogP contribution < -0.4 is 10.6 Å². The predicted octanol–water partition coefficient (Wildman–Crippen LogP) is 2.78. The van der Waals surface area contributed by atoms with Crippen molar-refractivity contribution in [2.24, 2.45) is 0 Å². The van der Waals surface area contributed by atoms with E-state index in [1.807, 2.05) is 62.4 Å². The number of benzene rings is 2. The van der Waals surface area contributed by atoms with Crippen LogP contribution in [0.2, 0.25) is 0 Å². The van der Waals surface area contributed by atoms with E-state index in [2.05, 4.69) is 25.8 Å². The lowest BCUT2D eigenvalue weighted by atomic mass is 10.0. The van der Waals surface area contributed by atoms with Gasteiger partial charge in [0.1, 0.15) is 11.4 Å². The van der Waals surface area contributed by atoms with Crippen LogP contribution in [-0.4, -0.2) is 46.3 Å². The maximum atomic E-state index is 12.0. The van der Waals surface area contributed by atoms with Gasteiger partial charge in [0, 0.05) is 18.2 Å². The van der Waals surface area contributed by atoms with Crippen LogP contribution in [0.5, 0.6) is 0 Å². The number of hydrogen-bond donors (Lipinski definition) is 2. The summed E-state index contributed by atoms with van der Waals surface area (Å²) in [4.78, 5) is 27.9. The topological polar surface area (TPSA) is 96.9 Å². The maximum absolute atomic E-state index is 12.0. The molecule has 0 atom stereocenters. The highest BCUT2D eigenvalue weighted by Gasteiger charge is 2.15. The van der Waals surface area contributed by atoms with Gasteiger partial charge < -0.3 is 10.6 Å². The number of nitrogens with zero attached hydrogens (tertiary/aromatic N) is 3. The van der Waals surface area contributed by atoms with Gasteiger partial charge in [0.2, 0.25) is 17.0 Å². The number of hydrogen-bond acceptors (Lipinski definition) is 6. The van der Waals surface area contributed by atoms with Gasteiger partial charge in [-0.25, -0.2) is 4.98 Å². The Kier molecular flexibility index (Phi) is 7.13. The van der Waals surface area contributed by atoms with Crippen molar-refractivity contribution >= 4 is 23.6 Å². The molecule has 3 rings (SSSR count). The smallest absolute Gasteiger partial charge is 0.239 e. The minimum Gasteiger partial charge on any atom is -0.358 e. The zero-order valence-electron chi connectivity index (χ0n) is 17.1. The third-order valence-electron chi connectivity index (χ3n) is 4.37. The van der Waals surface area contributed by atoms with Crippen LogP contribution in [0.1, 0.15) is 11.1 Å². The number of thioether (sulfide) groups is 1. The van der Waals surface area contributed by atoms with Crippen molar-refractivity contribution in [2.75, 3.05) is 19.3 Å².